The van der Waals surface area contributed by atoms with E-state index >= 15 is 0 Å². The highest BCUT2D eigenvalue weighted by Crippen LogP contribution is 2.14. The molecule has 4 N–H and O–H groups in total. The van der Waals surface area contributed by atoms with Gasteiger partial charge >= 0.3 is 5.91 Å². The summed E-state index contributed by atoms with van der Waals surface area (Å²) >= 11 is 0. The van der Waals surface area contributed by atoms with Gasteiger partial charge in [0, 0.05) is 37.5 Å². The van der Waals surface area contributed by atoms with Gasteiger partial charge in [0.15, 0.2) is 6.20 Å². The molecule has 3 rings (SSSR count). The number of hydrogen-bond donors (Lipinski definition) is 2. The van der Waals surface area contributed by atoms with E-state index in [0.29, 0.717) is 31.9 Å². The minimum absolute atomic E-state index is 0.0739. The van der Waals surface area contributed by atoms with Crippen molar-refractivity contribution in [3.05, 3.63) is 53.9 Å². The van der Waals surface area contributed by atoms with E-state index in [0.717, 1.165) is 24.3 Å². The lowest BCUT2D eigenvalue weighted by atomic mass is 10.1. The van der Waals surface area contributed by atoms with Gasteiger partial charge in [0.25, 0.3) is 5.69 Å². The molecule has 2 aromatic rings. The maximum absolute atomic E-state index is 12.4. The third-order valence-corrected chi connectivity index (χ3v) is 5.29. The van der Waals surface area contributed by atoms with Gasteiger partial charge in [0.1, 0.15) is 0 Å². The summed E-state index contributed by atoms with van der Waals surface area (Å²) in [6.07, 6.45) is 2.34. The van der Waals surface area contributed by atoms with Crippen molar-refractivity contribution >= 4 is 21.6 Å². The van der Waals surface area contributed by atoms with Gasteiger partial charge in [-0.1, -0.05) is 12.1 Å². The number of sulfonamides is 1. The lowest BCUT2D eigenvalue weighted by Crippen LogP contribution is -2.37. The van der Waals surface area contributed by atoms with Crippen LogP contribution in [0, 0.1) is 0 Å². The van der Waals surface area contributed by atoms with Crippen LogP contribution in [-0.2, 0) is 21.2 Å². The molecule has 1 aliphatic rings. The number of rotatable bonds is 6. The minimum Gasteiger partial charge on any atom is -0.378 e. The number of pyridine rings is 1. The van der Waals surface area contributed by atoms with Crippen LogP contribution in [-0.4, -0.2) is 47.2 Å². The Labute approximate surface area is 158 Å². The molecule has 0 atom stereocenters. The second-order valence-corrected chi connectivity index (χ2v) is 7.82. The molecule has 1 aromatic carbocycles. The molecule has 9 heteroatoms. The molecule has 8 nitrogen and oxygen atoms in total. The Morgan fingerprint density at radius 3 is 2.56 bits per heavy atom. The highest BCUT2D eigenvalue weighted by molar-refractivity contribution is 7.89. The maximum Gasteiger partial charge on any atom is 0.316 e. The van der Waals surface area contributed by atoms with E-state index < -0.39 is 10.0 Å². The molecule has 0 spiro atoms. The lowest BCUT2D eigenvalue weighted by Gasteiger charge is -2.28. The van der Waals surface area contributed by atoms with Crippen LogP contribution in [0.25, 0.3) is 0 Å². The van der Waals surface area contributed by atoms with Crippen LogP contribution in [0.2, 0.25) is 0 Å². The number of aromatic nitrogens is 1. The molecule has 2 heterocycles. The number of aromatic amines is 1. The number of carbonyl (C=O) groups is 1. The molecule has 1 amide bonds. The topological polar surface area (TPSA) is 116 Å². The van der Waals surface area contributed by atoms with Gasteiger partial charge in [0.2, 0.25) is 10.0 Å². The van der Waals surface area contributed by atoms with E-state index in [9.17, 15) is 13.2 Å². The Morgan fingerprint density at radius 1 is 1.19 bits per heavy atom. The van der Waals surface area contributed by atoms with E-state index in [1.54, 1.807) is 18.3 Å². The summed E-state index contributed by atoms with van der Waals surface area (Å²) in [5.74, 6) is -0.189. The number of primary sulfonamides is 1. The standard InChI is InChI=1S/C18H22N4O4S/c19-27(24,25)16-3-1-14(2-4-16)5-7-21-18(23)17-13-15(6-8-20-17)22-9-11-26-12-10-22/h1-4,6,8,13H,5,7,9-12H2,(H,21,23)(H2,19,24,25)/p+1. The molecule has 1 aromatic heterocycles. The molecule has 0 radical (unpaired) electrons. The number of morpholine rings is 1. The van der Waals surface area contributed by atoms with Crippen LogP contribution < -0.4 is 20.3 Å². The van der Waals surface area contributed by atoms with Crippen LogP contribution in [0.1, 0.15) is 16.1 Å². The number of benzene rings is 1. The number of anilines is 1. The van der Waals surface area contributed by atoms with Crippen molar-refractivity contribution in [1.82, 2.24) is 5.32 Å². The molecule has 0 aliphatic carbocycles. The zero-order chi connectivity index (χ0) is 19.3. The first-order valence-electron chi connectivity index (χ1n) is 8.68. The first kappa shape index (κ1) is 19.3. The largest absolute Gasteiger partial charge is 0.378 e. The Morgan fingerprint density at radius 2 is 1.89 bits per heavy atom. The zero-order valence-corrected chi connectivity index (χ0v) is 15.7. The van der Waals surface area contributed by atoms with Gasteiger partial charge in [-0.05, 0) is 24.1 Å². The van der Waals surface area contributed by atoms with Gasteiger partial charge in [-0.2, -0.15) is 0 Å². The zero-order valence-electron chi connectivity index (χ0n) is 14.8. The smallest absolute Gasteiger partial charge is 0.316 e. The summed E-state index contributed by atoms with van der Waals surface area (Å²) < 4.78 is 27.9. The highest BCUT2D eigenvalue weighted by atomic mass is 32.2. The first-order valence-corrected chi connectivity index (χ1v) is 10.2. The SMILES string of the molecule is NS(=O)(=O)c1ccc(CCNC(=O)c2cc(N3CCOCC3)cc[nH+]2)cc1. The van der Waals surface area contributed by atoms with Crippen molar-refractivity contribution in [2.75, 3.05) is 37.7 Å². The van der Waals surface area contributed by atoms with Crippen LogP contribution >= 0.6 is 0 Å². The summed E-state index contributed by atoms with van der Waals surface area (Å²) in [4.78, 5) is 17.6. The Bertz CT molecular complexity index is 894. The highest BCUT2D eigenvalue weighted by Gasteiger charge is 2.17. The number of amides is 1. The van der Waals surface area contributed by atoms with Gasteiger partial charge in [0.05, 0.1) is 18.1 Å². The summed E-state index contributed by atoms with van der Waals surface area (Å²) in [6.45, 7) is 3.41. The fraction of sp³-hybridized carbons (Fsp3) is 0.333. The summed E-state index contributed by atoms with van der Waals surface area (Å²) in [5.41, 5.74) is 2.39. The first-order chi connectivity index (χ1) is 12.9. The van der Waals surface area contributed by atoms with E-state index in [-0.39, 0.29) is 10.8 Å². The van der Waals surface area contributed by atoms with Gasteiger partial charge in [-0.3, -0.25) is 4.79 Å². The van der Waals surface area contributed by atoms with Crippen molar-refractivity contribution < 1.29 is 22.9 Å². The second kappa shape index (κ2) is 8.47. The fourth-order valence-electron chi connectivity index (χ4n) is 2.87. The van der Waals surface area contributed by atoms with Crippen molar-refractivity contribution in [3.8, 4) is 0 Å². The number of nitrogens with zero attached hydrogens (tertiary/aromatic N) is 1. The number of nitrogens with two attached hydrogens (primary N) is 1. The van der Waals surface area contributed by atoms with Crippen LogP contribution in [0.15, 0.2) is 47.5 Å². The summed E-state index contributed by atoms with van der Waals surface area (Å²) in [7, 11) is -3.69. The number of H-pyrrole nitrogens is 1. The number of nitrogens with one attached hydrogen (secondary N) is 2. The Hall–Kier alpha value is -2.49. The van der Waals surface area contributed by atoms with E-state index in [2.05, 4.69) is 15.2 Å². The second-order valence-electron chi connectivity index (χ2n) is 6.25. The quantitative estimate of drug-likeness (QED) is 0.717. The lowest BCUT2D eigenvalue weighted by molar-refractivity contribution is -0.381. The normalized spacial score (nSPS) is 14.8. The van der Waals surface area contributed by atoms with Crippen LogP contribution in [0.4, 0.5) is 5.69 Å². The maximum atomic E-state index is 12.4. The van der Waals surface area contributed by atoms with Crippen molar-refractivity contribution in [2.45, 2.75) is 11.3 Å². The average molecular weight is 391 g/mol. The predicted molar refractivity (Wildman–Crippen MR) is 99.9 cm³/mol. The number of ether oxygens (including phenoxy) is 1. The van der Waals surface area contributed by atoms with E-state index in [1.165, 1.54) is 12.1 Å². The van der Waals surface area contributed by atoms with Crippen molar-refractivity contribution in [1.29, 1.82) is 0 Å². The number of carbonyl (C=O) groups excluding carboxylic acids is 1. The summed E-state index contributed by atoms with van der Waals surface area (Å²) in [6, 6.07) is 10.1. The molecule has 144 valence electrons. The molecular formula is C18H23N4O4S+. The van der Waals surface area contributed by atoms with E-state index in [1.807, 2.05) is 12.1 Å². The molecular weight excluding hydrogens is 368 g/mol. The predicted octanol–water partition coefficient (Wildman–Crippen LogP) is -0.0428. The molecule has 1 saturated heterocycles. The molecule has 0 bridgehead atoms. The molecule has 27 heavy (non-hydrogen) atoms. The monoisotopic (exact) mass is 391 g/mol. The summed E-state index contributed by atoms with van der Waals surface area (Å²) in [5, 5.41) is 7.94. The molecule has 0 unspecified atom stereocenters. The molecule has 1 aliphatic heterocycles. The van der Waals surface area contributed by atoms with Gasteiger partial charge in [-0.15, -0.1) is 0 Å². The van der Waals surface area contributed by atoms with Crippen molar-refractivity contribution in [2.24, 2.45) is 5.14 Å². The number of hydrogen-bond acceptors (Lipinski definition) is 5. The van der Waals surface area contributed by atoms with Gasteiger partial charge in [-0.25, -0.2) is 18.5 Å². The fourth-order valence-corrected chi connectivity index (χ4v) is 3.38. The van der Waals surface area contributed by atoms with Crippen LogP contribution in [0.3, 0.4) is 0 Å². The van der Waals surface area contributed by atoms with E-state index in [4.69, 9.17) is 9.88 Å². The third kappa shape index (κ3) is 5.25. The Balaban J connectivity index is 1.55. The molecule has 0 saturated carbocycles. The molecule has 1 fully saturated rings. The van der Waals surface area contributed by atoms with Gasteiger partial charge < -0.3 is 15.0 Å². The van der Waals surface area contributed by atoms with Crippen LogP contribution in [0.5, 0.6) is 0 Å². The average Bonchev–Trinajstić information content (AvgIpc) is 2.68. The van der Waals surface area contributed by atoms with Crippen molar-refractivity contribution in [3.63, 3.8) is 0 Å². The minimum atomic E-state index is -3.69. The Kier molecular flexibility index (Phi) is 6.04. The third-order valence-electron chi connectivity index (χ3n) is 4.36.